The smallest absolute Gasteiger partial charge is 0.152 e. The van der Waals surface area contributed by atoms with E-state index in [0.717, 1.165) is 19.3 Å². The van der Waals surface area contributed by atoms with Gasteiger partial charge in [0.05, 0.1) is 11.7 Å². The molecule has 0 saturated heterocycles. The molecule has 0 unspecified atom stereocenters. The minimum atomic E-state index is -1.45. The van der Waals surface area contributed by atoms with E-state index in [1.165, 1.54) is 13.0 Å². The molecule has 0 aliphatic heterocycles. The number of rotatable bonds is 2. The van der Waals surface area contributed by atoms with E-state index in [-0.39, 0.29) is 28.4 Å². The van der Waals surface area contributed by atoms with Gasteiger partial charge < -0.3 is 15.3 Å². The van der Waals surface area contributed by atoms with Gasteiger partial charge in [-0.05, 0) is 49.5 Å². The second-order valence-corrected chi connectivity index (χ2v) is 8.43. The Labute approximate surface area is 133 Å². The van der Waals surface area contributed by atoms with Crippen LogP contribution in [0.25, 0.3) is 0 Å². The number of carbonyl (C=O) groups is 1. The van der Waals surface area contributed by atoms with Crippen molar-refractivity contribution >= 4 is 5.78 Å². The summed E-state index contributed by atoms with van der Waals surface area (Å²) >= 11 is 0. The van der Waals surface area contributed by atoms with Crippen LogP contribution >= 0.6 is 0 Å². The number of fused-ring (bicyclic) bond motifs is 1. The Hall–Kier alpha value is -0.710. The monoisotopic (exact) mass is 310 g/mol. The van der Waals surface area contributed by atoms with E-state index in [2.05, 4.69) is 20.8 Å². The van der Waals surface area contributed by atoms with Crippen LogP contribution in [-0.2, 0) is 4.79 Å². The number of carbonyl (C=O) groups excluding carboxylic acids is 1. The molecular weight excluding hydrogens is 280 g/mol. The van der Waals surface area contributed by atoms with Crippen LogP contribution in [0.3, 0.4) is 0 Å². The maximum Gasteiger partial charge on any atom is 0.152 e. The fourth-order valence-electron chi connectivity index (χ4n) is 5.36. The van der Waals surface area contributed by atoms with E-state index in [1.807, 2.05) is 0 Å². The molecule has 2 fully saturated rings. The van der Waals surface area contributed by atoms with Crippen molar-refractivity contribution in [1.82, 2.24) is 0 Å². The van der Waals surface area contributed by atoms with Gasteiger partial charge in [0.25, 0.3) is 0 Å². The number of aliphatic hydroxyl groups excluding tert-OH is 2. The van der Waals surface area contributed by atoms with Crippen molar-refractivity contribution in [1.29, 1.82) is 0 Å². The molecule has 4 heteroatoms. The molecule has 0 heterocycles. The van der Waals surface area contributed by atoms with Crippen molar-refractivity contribution in [2.75, 3.05) is 0 Å². The van der Waals surface area contributed by atoms with Gasteiger partial charge in [-0.2, -0.15) is 0 Å². The Balaban J connectivity index is 2.55. The quantitative estimate of drug-likeness (QED) is 0.682. The Bertz CT molecular complexity index is 479. The maximum absolute atomic E-state index is 11.4. The normalized spacial score (nSPS) is 48.2. The van der Waals surface area contributed by atoms with Crippen LogP contribution in [0.2, 0.25) is 0 Å². The van der Waals surface area contributed by atoms with Gasteiger partial charge in [-0.3, -0.25) is 4.79 Å². The summed E-state index contributed by atoms with van der Waals surface area (Å²) in [5, 5.41) is 32.1. The molecule has 0 aromatic heterocycles. The third-order valence-electron chi connectivity index (χ3n) is 6.22. The van der Waals surface area contributed by atoms with Gasteiger partial charge in [-0.1, -0.05) is 33.3 Å². The average Bonchev–Trinajstić information content (AvgIpc) is 2.34. The molecule has 0 aromatic rings. The van der Waals surface area contributed by atoms with Gasteiger partial charge in [-0.25, -0.2) is 0 Å². The molecule has 0 radical (unpaired) electrons. The van der Waals surface area contributed by atoms with Gasteiger partial charge in [0.2, 0.25) is 0 Å². The first kappa shape index (κ1) is 17.6. The van der Waals surface area contributed by atoms with Crippen LogP contribution in [-0.4, -0.2) is 38.9 Å². The summed E-state index contributed by atoms with van der Waals surface area (Å²) in [4.78, 5) is 11.4. The first-order valence-electron chi connectivity index (χ1n) is 8.22. The van der Waals surface area contributed by atoms with Crippen LogP contribution in [0, 0.1) is 22.7 Å². The van der Waals surface area contributed by atoms with E-state index in [9.17, 15) is 20.1 Å². The largest absolute Gasteiger partial charge is 0.390 e. The molecule has 6 atom stereocenters. The Morgan fingerprint density at radius 2 is 1.73 bits per heavy atom. The highest BCUT2D eigenvalue weighted by Gasteiger charge is 2.64. The predicted molar refractivity (Wildman–Crippen MR) is 85.2 cm³/mol. The summed E-state index contributed by atoms with van der Waals surface area (Å²) in [6.07, 6.45) is 3.92. The third-order valence-corrected chi connectivity index (χ3v) is 6.22. The minimum Gasteiger partial charge on any atom is -0.390 e. The summed E-state index contributed by atoms with van der Waals surface area (Å²) in [7, 11) is 0. The molecule has 2 rings (SSSR count). The van der Waals surface area contributed by atoms with E-state index in [1.54, 1.807) is 13.0 Å². The zero-order valence-corrected chi connectivity index (χ0v) is 14.3. The molecular formula is C18H30O4. The van der Waals surface area contributed by atoms with E-state index in [4.69, 9.17) is 0 Å². The molecule has 0 spiro atoms. The summed E-state index contributed by atoms with van der Waals surface area (Å²) in [6.45, 7) is 9.37. The van der Waals surface area contributed by atoms with Crippen LogP contribution in [0.1, 0.15) is 53.9 Å². The van der Waals surface area contributed by atoms with Crippen molar-refractivity contribution in [3.8, 4) is 0 Å². The van der Waals surface area contributed by atoms with E-state index < -0.39 is 17.8 Å². The molecule has 22 heavy (non-hydrogen) atoms. The van der Waals surface area contributed by atoms with Crippen LogP contribution in [0.15, 0.2) is 12.2 Å². The predicted octanol–water partition coefficient (Wildman–Crippen LogP) is 2.07. The van der Waals surface area contributed by atoms with Gasteiger partial charge in [-0.15, -0.1) is 0 Å². The molecule has 4 nitrogen and oxygen atoms in total. The van der Waals surface area contributed by atoms with Crippen molar-refractivity contribution in [3.63, 3.8) is 0 Å². The number of allylic oxidation sites excluding steroid dienone is 1. The first-order chi connectivity index (χ1) is 9.94. The number of hydrogen-bond donors (Lipinski definition) is 3. The molecule has 126 valence electrons. The van der Waals surface area contributed by atoms with Crippen LogP contribution in [0.4, 0.5) is 0 Å². The Kier molecular flexibility index (Phi) is 4.35. The zero-order valence-electron chi connectivity index (χ0n) is 14.3. The number of hydrogen-bond acceptors (Lipinski definition) is 4. The van der Waals surface area contributed by atoms with Crippen molar-refractivity contribution < 1.29 is 20.1 Å². The standard InChI is InChI=1S/C18H30O4/c1-11(19)7-8-12-17(4)10-6-9-16(2,3)14(17)13(20)15(21)18(12,5)22/h7-8,12-15,20-22H,6,9-10H2,1-5H3/b8-7+/t12-,13-,14+,15+,17-,18+/m0/s1. The van der Waals surface area contributed by atoms with E-state index >= 15 is 0 Å². The first-order valence-corrected chi connectivity index (χ1v) is 8.22. The Morgan fingerprint density at radius 1 is 1.14 bits per heavy atom. The zero-order chi connectivity index (χ0) is 16.9. The minimum absolute atomic E-state index is 0.0772. The molecule has 2 aliphatic carbocycles. The summed E-state index contributed by atoms with van der Waals surface area (Å²) in [5.41, 5.74) is -1.92. The second-order valence-electron chi connectivity index (χ2n) is 8.43. The van der Waals surface area contributed by atoms with E-state index in [0.29, 0.717) is 0 Å². The van der Waals surface area contributed by atoms with Crippen molar-refractivity contribution in [2.45, 2.75) is 71.7 Å². The summed E-state index contributed by atoms with van der Waals surface area (Å²) in [5.74, 6) is -0.566. The molecule has 3 N–H and O–H groups in total. The van der Waals surface area contributed by atoms with Gasteiger partial charge in [0, 0.05) is 5.92 Å². The highest BCUT2D eigenvalue weighted by molar-refractivity contribution is 5.87. The third kappa shape index (κ3) is 2.55. The topological polar surface area (TPSA) is 77.8 Å². The summed E-state index contributed by atoms with van der Waals surface area (Å²) in [6, 6.07) is 0. The highest BCUT2D eigenvalue weighted by Crippen LogP contribution is 2.62. The number of ketones is 1. The van der Waals surface area contributed by atoms with Crippen molar-refractivity contribution in [2.24, 2.45) is 22.7 Å². The average molecular weight is 310 g/mol. The molecule has 0 amide bonds. The Morgan fingerprint density at radius 3 is 2.27 bits per heavy atom. The van der Waals surface area contributed by atoms with Crippen molar-refractivity contribution in [3.05, 3.63) is 12.2 Å². The lowest BCUT2D eigenvalue weighted by atomic mass is 9.44. The second kappa shape index (κ2) is 5.43. The lowest BCUT2D eigenvalue weighted by Gasteiger charge is -2.63. The van der Waals surface area contributed by atoms with Crippen LogP contribution < -0.4 is 0 Å². The molecule has 0 aromatic carbocycles. The van der Waals surface area contributed by atoms with Crippen LogP contribution in [0.5, 0.6) is 0 Å². The fourth-order valence-corrected chi connectivity index (χ4v) is 5.36. The lowest BCUT2D eigenvalue weighted by molar-refractivity contribution is -0.255. The summed E-state index contributed by atoms with van der Waals surface area (Å²) < 4.78 is 0. The van der Waals surface area contributed by atoms with Gasteiger partial charge >= 0.3 is 0 Å². The number of aliphatic hydroxyl groups is 3. The van der Waals surface area contributed by atoms with Gasteiger partial charge in [0.1, 0.15) is 6.10 Å². The molecule has 2 aliphatic rings. The maximum atomic E-state index is 11.4. The fraction of sp³-hybridized carbons (Fsp3) is 0.833. The molecule has 0 bridgehead atoms. The highest BCUT2D eigenvalue weighted by atomic mass is 16.4. The lowest BCUT2D eigenvalue weighted by Crippen LogP contribution is -2.69. The molecule has 2 saturated carbocycles. The van der Waals surface area contributed by atoms with Gasteiger partial charge in [0.15, 0.2) is 5.78 Å². The SMILES string of the molecule is CC(=O)/C=C/[C@@H]1[C@@](C)(O)[C@H](O)[C@@H](O)[C@@H]2C(C)(C)CCC[C@]21C.